The highest BCUT2D eigenvalue weighted by atomic mass is 35.5. The molecule has 5 nitrogen and oxygen atoms in total. The lowest BCUT2D eigenvalue weighted by atomic mass is 10.1. The first-order chi connectivity index (χ1) is 13.3. The highest BCUT2D eigenvalue weighted by Gasteiger charge is 2.34. The Morgan fingerprint density at radius 2 is 1.93 bits per heavy atom. The van der Waals surface area contributed by atoms with E-state index in [2.05, 4.69) is 9.97 Å². The molecule has 3 aromatic rings. The van der Waals surface area contributed by atoms with Crippen LogP contribution in [0.5, 0.6) is 0 Å². The summed E-state index contributed by atoms with van der Waals surface area (Å²) < 4.78 is 53.1. The average Bonchev–Trinajstić information content (AvgIpc) is 2.67. The van der Waals surface area contributed by atoms with E-state index in [1.165, 1.54) is 31.1 Å². The van der Waals surface area contributed by atoms with Crippen LogP contribution in [0.15, 0.2) is 52.6 Å². The lowest BCUT2D eigenvalue weighted by Gasteiger charge is -2.28. The minimum absolute atomic E-state index is 0.00185. The molecule has 0 spiro atoms. The third kappa shape index (κ3) is 3.23. The summed E-state index contributed by atoms with van der Waals surface area (Å²) in [6.45, 7) is 0. The van der Waals surface area contributed by atoms with Gasteiger partial charge in [0.1, 0.15) is 4.90 Å². The molecule has 0 radical (unpaired) electrons. The van der Waals surface area contributed by atoms with Gasteiger partial charge in [-0.1, -0.05) is 29.4 Å². The molecule has 0 saturated heterocycles. The molecule has 0 amide bonds. The van der Waals surface area contributed by atoms with Gasteiger partial charge in [-0.15, -0.1) is 0 Å². The van der Waals surface area contributed by atoms with E-state index in [1.807, 2.05) is 0 Å². The number of hydrogen-bond acceptors (Lipinski definition) is 5. The molecule has 0 N–H and O–H groups in total. The van der Waals surface area contributed by atoms with Crippen molar-refractivity contribution >= 4 is 39.1 Å². The summed E-state index contributed by atoms with van der Waals surface area (Å²) >= 11 is 7.21. The third-order valence-corrected chi connectivity index (χ3v) is 7.22. The van der Waals surface area contributed by atoms with E-state index in [0.717, 1.165) is 16.4 Å². The minimum atomic E-state index is -3.80. The maximum absolute atomic E-state index is 13.4. The van der Waals surface area contributed by atoms with E-state index in [9.17, 15) is 17.2 Å². The van der Waals surface area contributed by atoms with Gasteiger partial charge >= 0.3 is 0 Å². The van der Waals surface area contributed by atoms with E-state index in [0.29, 0.717) is 32.7 Å². The second kappa shape index (κ2) is 6.98. The van der Waals surface area contributed by atoms with E-state index < -0.39 is 21.7 Å². The first-order valence-electron chi connectivity index (χ1n) is 8.00. The number of anilines is 1. The molecule has 10 heteroatoms. The van der Waals surface area contributed by atoms with Gasteiger partial charge in [-0.05, 0) is 35.9 Å². The van der Waals surface area contributed by atoms with Crippen LogP contribution in [0.2, 0.25) is 5.02 Å². The number of aromatic nitrogens is 2. The number of sulfonamides is 1. The van der Waals surface area contributed by atoms with E-state index in [-0.39, 0.29) is 10.6 Å². The minimum Gasteiger partial charge on any atom is -0.269 e. The van der Waals surface area contributed by atoms with Crippen LogP contribution in [0.1, 0.15) is 5.56 Å². The van der Waals surface area contributed by atoms with Crippen molar-refractivity contribution in [3.05, 3.63) is 64.8 Å². The summed E-state index contributed by atoms with van der Waals surface area (Å²) in [6.07, 6.45) is 1.26. The number of fused-ring (bicyclic) bond motifs is 3. The summed E-state index contributed by atoms with van der Waals surface area (Å²) in [7, 11) is -2.35. The van der Waals surface area contributed by atoms with Gasteiger partial charge in [0.2, 0.25) is 0 Å². The molecule has 0 fully saturated rings. The fourth-order valence-electron chi connectivity index (χ4n) is 2.83. The predicted molar refractivity (Wildman–Crippen MR) is 104 cm³/mol. The zero-order valence-electron chi connectivity index (χ0n) is 14.4. The standard InChI is InChI=1S/C18H12ClF2N3O2S2/c1-24-15-7-11(19)3-4-12(15)17-16(28(24,25)26)8-22-18(23-17)27-9-10-2-5-13(20)14(21)6-10/h2-8H,9H2,1H3. The van der Waals surface area contributed by atoms with Gasteiger partial charge in [0.05, 0.1) is 17.6 Å². The van der Waals surface area contributed by atoms with Crippen LogP contribution in [0, 0.1) is 11.6 Å². The van der Waals surface area contributed by atoms with Crippen molar-refractivity contribution in [1.29, 1.82) is 0 Å². The van der Waals surface area contributed by atoms with Crippen molar-refractivity contribution in [2.24, 2.45) is 0 Å². The Hall–Kier alpha value is -2.23. The number of rotatable bonds is 3. The smallest absolute Gasteiger partial charge is 0.267 e. The largest absolute Gasteiger partial charge is 0.269 e. The maximum Gasteiger partial charge on any atom is 0.267 e. The fourth-order valence-corrected chi connectivity index (χ4v) is 5.04. The van der Waals surface area contributed by atoms with Crippen LogP contribution < -0.4 is 4.31 Å². The predicted octanol–water partition coefficient (Wildman–Crippen LogP) is 4.51. The Morgan fingerprint density at radius 3 is 2.68 bits per heavy atom. The average molecular weight is 440 g/mol. The van der Waals surface area contributed by atoms with Gasteiger partial charge in [-0.25, -0.2) is 27.2 Å². The number of hydrogen-bond donors (Lipinski definition) is 0. The fraction of sp³-hybridized carbons (Fsp3) is 0.111. The molecule has 0 saturated carbocycles. The molecule has 2 aromatic carbocycles. The van der Waals surface area contributed by atoms with E-state index in [4.69, 9.17) is 11.6 Å². The molecule has 0 unspecified atom stereocenters. The van der Waals surface area contributed by atoms with Crippen LogP contribution in [-0.4, -0.2) is 25.4 Å². The number of halogens is 3. The molecule has 1 aliphatic rings. The van der Waals surface area contributed by atoms with Crippen LogP contribution in [0.3, 0.4) is 0 Å². The van der Waals surface area contributed by atoms with E-state index in [1.54, 1.807) is 18.2 Å². The van der Waals surface area contributed by atoms with Crippen molar-refractivity contribution in [3.63, 3.8) is 0 Å². The Balaban J connectivity index is 1.72. The Bertz CT molecular complexity index is 1210. The Kier molecular flexibility index (Phi) is 4.76. The van der Waals surface area contributed by atoms with Crippen molar-refractivity contribution in [1.82, 2.24) is 9.97 Å². The molecule has 4 rings (SSSR count). The first kappa shape index (κ1) is 19.1. The van der Waals surface area contributed by atoms with Gasteiger partial charge in [0.15, 0.2) is 16.8 Å². The second-order valence-corrected chi connectivity index (χ2v) is 9.35. The number of benzene rings is 2. The van der Waals surface area contributed by atoms with Gasteiger partial charge < -0.3 is 0 Å². The summed E-state index contributed by atoms with van der Waals surface area (Å²) in [5.74, 6) is -1.54. The molecular weight excluding hydrogens is 428 g/mol. The molecule has 0 aliphatic carbocycles. The molecule has 28 heavy (non-hydrogen) atoms. The van der Waals surface area contributed by atoms with Crippen molar-refractivity contribution in [3.8, 4) is 11.3 Å². The molecule has 1 aromatic heterocycles. The zero-order chi connectivity index (χ0) is 20.1. The Labute approximate surface area is 169 Å². The monoisotopic (exact) mass is 439 g/mol. The summed E-state index contributed by atoms with van der Waals surface area (Å²) in [5, 5.41) is 0.732. The molecule has 144 valence electrons. The molecule has 1 aliphatic heterocycles. The van der Waals surface area contributed by atoms with Gasteiger partial charge in [0.25, 0.3) is 10.0 Å². The van der Waals surface area contributed by atoms with Gasteiger partial charge in [-0.2, -0.15) is 0 Å². The lowest BCUT2D eigenvalue weighted by molar-refractivity contribution is 0.507. The lowest BCUT2D eigenvalue weighted by Crippen LogP contribution is -2.31. The summed E-state index contributed by atoms with van der Waals surface area (Å²) in [6, 6.07) is 8.57. The van der Waals surface area contributed by atoms with Crippen LogP contribution in [0.4, 0.5) is 14.5 Å². The summed E-state index contributed by atoms with van der Waals surface area (Å²) in [4.78, 5) is 8.53. The molecule has 0 atom stereocenters. The Morgan fingerprint density at radius 1 is 1.14 bits per heavy atom. The SMILES string of the molecule is CN1c2cc(Cl)ccc2-c2nc(SCc3ccc(F)c(F)c3)ncc2S1(=O)=O. The van der Waals surface area contributed by atoms with Gasteiger partial charge in [-0.3, -0.25) is 4.31 Å². The van der Waals surface area contributed by atoms with Crippen molar-refractivity contribution < 1.29 is 17.2 Å². The van der Waals surface area contributed by atoms with Gasteiger partial charge in [0, 0.05) is 23.4 Å². The topological polar surface area (TPSA) is 63.2 Å². The first-order valence-corrected chi connectivity index (χ1v) is 10.8. The normalized spacial score (nSPS) is 14.5. The molecule has 0 bridgehead atoms. The van der Waals surface area contributed by atoms with Crippen LogP contribution >= 0.6 is 23.4 Å². The zero-order valence-corrected chi connectivity index (χ0v) is 16.7. The quantitative estimate of drug-likeness (QED) is 0.444. The number of thioether (sulfide) groups is 1. The highest BCUT2D eigenvalue weighted by molar-refractivity contribution is 7.98. The summed E-state index contributed by atoms with van der Waals surface area (Å²) in [5.41, 5.74) is 1.89. The highest BCUT2D eigenvalue weighted by Crippen LogP contribution is 2.42. The maximum atomic E-state index is 13.4. The number of nitrogens with zero attached hydrogens (tertiary/aromatic N) is 3. The van der Waals surface area contributed by atoms with Crippen molar-refractivity contribution in [2.45, 2.75) is 15.8 Å². The second-order valence-electron chi connectivity index (χ2n) is 6.04. The molecular formula is C18H12ClF2N3O2S2. The van der Waals surface area contributed by atoms with Crippen LogP contribution in [0.25, 0.3) is 11.3 Å². The third-order valence-electron chi connectivity index (χ3n) is 4.28. The van der Waals surface area contributed by atoms with Crippen molar-refractivity contribution in [2.75, 3.05) is 11.4 Å². The van der Waals surface area contributed by atoms with E-state index >= 15 is 0 Å². The van der Waals surface area contributed by atoms with Crippen LogP contribution in [-0.2, 0) is 15.8 Å². The molecule has 2 heterocycles.